The molecule has 0 saturated heterocycles. The second kappa shape index (κ2) is 6.08. The van der Waals surface area contributed by atoms with Gasteiger partial charge in [-0.25, -0.2) is 9.37 Å². The highest BCUT2D eigenvalue weighted by atomic mass is 19.1. The fourth-order valence-corrected chi connectivity index (χ4v) is 2.55. The lowest BCUT2D eigenvalue weighted by atomic mass is 10.2. The van der Waals surface area contributed by atoms with Crippen molar-refractivity contribution in [1.82, 2.24) is 19.4 Å². The summed E-state index contributed by atoms with van der Waals surface area (Å²) in [7, 11) is 0. The van der Waals surface area contributed by atoms with Gasteiger partial charge in [-0.3, -0.25) is 14.4 Å². The lowest BCUT2D eigenvalue weighted by Gasteiger charge is -2.08. The highest BCUT2D eigenvalue weighted by Gasteiger charge is 2.14. The Morgan fingerprint density at radius 3 is 2.71 bits per heavy atom. The van der Waals surface area contributed by atoms with E-state index in [1.54, 1.807) is 30.7 Å². The highest BCUT2D eigenvalue weighted by Crippen LogP contribution is 2.27. The summed E-state index contributed by atoms with van der Waals surface area (Å²) in [5, 5.41) is 3.38. The quantitative estimate of drug-likeness (QED) is 0.625. The van der Waals surface area contributed by atoms with Crippen molar-refractivity contribution in [3.05, 3.63) is 78.6 Å². The Labute approximate surface area is 137 Å². The lowest BCUT2D eigenvalue weighted by Crippen LogP contribution is -2.03. The molecule has 3 aromatic heterocycles. The van der Waals surface area contributed by atoms with Crippen LogP contribution < -0.4 is 5.32 Å². The van der Waals surface area contributed by atoms with E-state index in [0.29, 0.717) is 6.54 Å². The van der Waals surface area contributed by atoms with Crippen LogP contribution in [0.3, 0.4) is 0 Å². The van der Waals surface area contributed by atoms with Crippen LogP contribution in [-0.4, -0.2) is 19.4 Å². The minimum absolute atomic E-state index is 0.242. The molecule has 0 spiro atoms. The molecule has 0 atom stereocenters. The molecule has 0 amide bonds. The van der Waals surface area contributed by atoms with Crippen LogP contribution in [0.2, 0.25) is 0 Å². The van der Waals surface area contributed by atoms with Crippen molar-refractivity contribution in [1.29, 1.82) is 0 Å². The minimum atomic E-state index is -0.242. The van der Waals surface area contributed by atoms with Crippen molar-refractivity contribution in [2.45, 2.75) is 6.54 Å². The molecule has 5 nitrogen and oxygen atoms in total. The zero-order valence-electron chi connectivity index (χ0n) is 12.7. The first-order chi connectivity index (χ1) is 11.8. The Morgan fingerprint density at radius 1 is 1.04 bits per heavy atom. The second-order valence-electron chi connectivity index (χ2n) is 5.31. The molecule has 0 aliphatic heterocycles. The zero-order chi connectivity index (χ0) is 16.4. The average Bonchev–Trinajstić information content (AvgIpc) is 3.01. The van der Waals surface area contributed by atoms with Crippen molar-refractivity contribution >= 4 is 11.5 Å². The van der Waals surface area contributed by atoms with E-state index in [1.807, 2.05) is 28.8 Å². The Bertz CT molecular complexity index is 964. The Kier molecular flexibility index (Phi) is 3.63. The molecule has 1 aromatic carbocycles. The number of fused-ring (bicyclic) bond motifs is 1. The molecular weight excluding hydrogens is 305 g/mol. The number of nitrogens with zero attached hydrogens (tertiary/aromatic N) is 4. The minimum Gasteiger partial charge on any atom is -0.365 e. The first-order valence-corrected chi connectivity index (χ1v) is 7.53. The summed E-state index contributed by atoms with van der Waals surface area (Å²) in [4.78, 5) is 13.1. The van der Waals surface area contributed by atoms with Crippen molar-refractivity contribution in [2.75, 3.05) is 5.32 Å². The summed E-state index contributed by atoms with van der Waals surface area (Å²) in [6.45, 7) is 0.552. The van der Waals surface area contributed by atoms with E-state index in [-0.39, 0.29) is 5.82 Å². The van der Waals surface area contributed by atoms with Gasteiger partial charge in [-0.15, -0.1) is 0 Å². The van der Waals surface area contributed by atoms with E-state index >= 15 is 0 Å². The third-order valence-electron chi connectivity index (χ3n) is 3.71. The molecule has 6 heteroatoms. The van der Waals surface area contributed by atoms with Gasteiger partial charge in [0, 0.05) is 25.1 Å². The second-order valence-corrected chi connectivity index (χ2v) is 5.31. The van der Waals surface area contributed by atoms with Crippen molar-refractivity contribution in [3.8, 4) is 11.4 Å². The van der Waals surface area contributed by atoms with Crippen LogP contribution >= 0.6 is 0 Å². The van der Waals surface area contributed by atoms with Gasteiger partial charge in [0.2, 0.25) is 0 Å². The third-order valence-corrected chi connectivity index (χ3v) is 3.71. The number of pyridine rings is 1. The first-order valence-electron chi connectivity index (χ1n) is 7.53. The molecule has 0 bridgehead atoms. The fraction of sp³-hybridized carbons (Fsp3) is 0.0556. The number of halogens is 1. The summed E-state index contributed by atoms with van der Waals surface area (Å²) in [6.07, 6.45) is 7.00. The summed E-state index contributed by atoms with van der Waals surface area (Å²) in [5.41, 5.74) is 3.25. The molecule has 0 radical (unpaired) electrons. The van der Waals surface area contributed by atoms with Crippen LogP contribution in [0.25, 0.3) is 17.0 Å². The van der Waals surface area contributed by atoms with Crippen LogP contribution in [0, 0.1) is 5.82 Å². The van der Waals surface area contributed by atoms with Crippen LogP contribution in [0.1, 0.15) is 5.56 Å². The molecule has 0 saturated carbocycles. The number of nitrogens with one attached hydrogen (secondary N) is 1. The predicted molar refractivity (Wildman–Crippen MR) is 89.9 cm³/mol. The van der Waals surface area contributed by atoms with Crippen molar-refractivity contribution < 1.29 is 4.39 Å². The Morgan fingerprint density at radius 2 is 1.92 bits per heavy atom. The molecule has 0 aliphatic rings. The number of rotatable bonds is 4. The normalized spacial score (nSPS) is 10.9. The molecule has 4 aromatic rings. The standard InChI is InChI=1S/C18H14FN5/c19-14-6-4-13(5-7-14)11-22-18-17(15-3-1-2-8-21-15)23-16-12-20-9-10-24(16)18/h1-10,12,22H,11H2. The predicted octanol–water partition coefficient (Wildman–Crippen LogP) is 3.54. The van der Waals surface area contributed by atoms with Gasteiger partial charge in [-0.05, 0) is 29.8 Å². The van der Waals surface area contributed by atoms with E-state index in [0.717, 1.165) is 28.4 Å². The number of benzene rings is 1. The maximum Gasteiger partial charge on any atom is 0.157 e. The van der Waals surface area contributed by atoms with Crippen LogP contribution in [0.5, 0.6) is 0 Å². The van der Waals surface area contributed by atoms with Gasteiger partial charge >= 0.3 is 0 Å². The molecule has 0 fully saturated rings. The summed E-state index contributed by atoms with van der Waals surface area (Å²) >= 11 is 0. The average molecular weight is 319 g/mol. The molecule has 0 unspecified atom stereocenters. The Hall–Kier alpha value is -3.28. The fourth-order valence-electron chi connectivity index (χ4n) is 2.55. The van der Waals surface area contributed by atoms with Gasteiger partial charge in [0.1, 0.15) is 17.3 Å². The van der Waals surface area contributed by atoms with Crippen LogP contribution in [0.4, 0.5) is 10.2 Å². The summed E-state index contributed by atoms with van der Waals surface area (Å²) in [6, 6.07) is 12.1. The van der Waals surface area contributed by atoms with E-state index < -0.39 is 0 Å². The Balaban J connectivity index is 1.74. The molecule has 4 rings (SSSR count). The topological polar surface area (TPSA) is 55.1 Å². The van der Waals surface area contributed by atoms with Gasteiger partial charge in [0.25, 0.3) is 0 Å². The number of anilines is 1. The maximum absolute atomic E-state index is 13.0. The third kappa shape index (κ3) is 2.69. The van der Waals surface area contributed by atoms with E-state index in [2.05, 4.69) is 20.3 Å². The van der Waals surface area contributed by atoms with Gasteiger partial charge in [-0.1, -0.05) is 18.2 Å². The lowest BCUT2D eigenvalue weighted by molar-refractivity contribution is 0.627. The number of hydrogen-bond donors (Lipinski definition) is 1. The molecule has 118 valence electrons. The number of aromatic nitrogens is 4. The van der Waals surface area contributed by atoms with Crippen LogP contribution in [-0.2, 0) is 6.54 Å². The highest BCUT2D eigenvalue weighted by molar-refractivity contribution is 5.73. The van der Waals surface area contributed by atoms with Gasteiger partial charge in [-0.2, -0.15) is 0 Å². The summed E-state index contributed by atoms with van der Waals surface area (Å²) in [5.74, 6) is 0.587. The van der Waals surface area contributed by atoms with Crippen molar-refractivity contribution in [3.63, 3.8) is 0 Å². The first kappa shape index (κ1) is 14.3. The maximum atomic E-state index is 13.0. The number of imidazole rings is 1. The molecule has 24 heavy (non-hydrogen) atoms. The van der Waals surface area contributed by atoms with Gasteiger partial charge in [0.15, 0.2) is 5.65 Å². The molecule has 0 aliphatic carbocycles. The molecule has 1 N–H and O–H groups in total. The molecule has 3 heterocycles. The van der Waals surface area contributed by atoms with Gasteiger partial charge < -0.3 is 5.32 Å². The van der Waals surface area contributed by atoms with Crippen LogP contribution in [0.15, 0.2) is 67.3 Å². The smallest absolute Gasteiger partial charge is 0.157 e. The monoisotopic (exact) mass is 319 g/mol. The molecular formula is C18H14FN5. The van der Waals surface area contributed by atoms with Crippen molar-refractivity contribution in [2.24, 2.45) is 0 Å². The van der Waals surface area contributed by atoms with E-state index in [9.17, 15) is 4.39 Å². The van der Waals surface area contributed by atoms with Gasteiger partial charge in [0.05, 0.1) is 11.9 Å². The number of hydrogen-bond acceptors (Lipinski definition) is 4. The van der Waals surface area contributed by atoms with E-state index in [4.69, 9.17) is 0 Å². The zero-order valence-corrected chi connectivity index (χ0v) is 12.7. The summed E-state index contributed by atoms with van der Waals surface area (Å²) < 4.78 is 15.0. The largest absolute Gasteiger partial charge is 0.365 e. The van der Waals surface area contributed by atoms with E-state index in [1.165, 1.54) is 12.1 Å². The SMILES string of the molecule is Fc1ccc(CNc2c(-c3ccccn3)nc3cnccn23)cc1.